The average Bonchev–Trinajstić information content (AvgIpc) is 3.25. The van der Waals surface area contributed by atoms with E-state index in [1.807, 2.05) is 17.9 Å². The molecule has 1 fully saturated rings. The maximum Gasteiger partial charge on any atom is 0.255 e. The standard InChI is InChI=1S/C25H27F2N7O/c1-5-18(26)14-19(6-2)34-23(13-17(3)30-34)32-9-11-33(12-10-32)25-29-22(15-24(35)31(25)4)20-7-8-28-16-21(20)27/h5-8,13-16H,2,9-12H2,1,3-4H3/b18-5+,19-14+. The Morgan fingerprint density at radius 1 is 1.17 bits per heavy atom. The third-order valence-electron chi connectivity index (χ3n) is 5.87. The lowest BCUT2D eigenvalue weighted by atomic mass is 10.2. The lowest BCUT2D eigenvalue weighted by Crippen LogP contribution is -2.48. The third kappa shape index (κ3) is 4.91. The van der Waals surface area contributed by atoms with Crippen LogP contribution in [0.2, 0.25) is 0 Å². The minimum atomic E-state index is -0.534. The summed E-state index contributed by atoms with van der Waals surface area (Å²) >= 11 is 0. The molecule has 10 heteroatoms. The predicted molar refractivity (Wildman–Crippen MR) is 133 cm³/mol. The molecule has 0 amide bonds. The first-order chi connectivity index (χ1) is 16.8. The molecule has 3 aromatic rings. The Hall–Kier alpha value is -4.08. The van der Waals surface area contributed by atoms with Crippen molar-refractivity contribution >= 4 is 17.5 Å². The summed E-state index contributed by atoms with van der Waals surface area (Å²) in [6.45, 7) is 9.69. The van der Waals surface area contributed by atoms with Gasteiger partial charge in [0.25, 0.3) is 5.56 Å². The van der Waals surface area contributed by atoms with Crippen molar-refractivity contribution in [3.8, 4) is 11.3 Å². The van der Waals surface area contributed by atoms with E-state index in [0.717, 1.165) is 17.7 Å². The molecular weight excluding hydrogens is 452 g/mol. The summed E-state index contributed by atoms with van der Waals surface area (Å²) < 4.78 is 31.4. The Kier molecular flexibility index (Phi) is 6.90. The molecule has 0 spiro atoms. The smallest absolute Gasteiger partial charge is 0.255 e. The predicted octanol–water partition coefficient (Wildman–Crippen LogP) is 3.71. The molecule has 0 bridgehead atoms. The van der Waals surface area contributed by atoms with Crippen LogP contribution in [0.25, 0.3) is 17.0 Å². The van der Waals surface area contributed by atoms with Crippen LogP contribution in [-0.2, 0) is 7.05 Å². The molecule has 1 aliphatic heterocycles. The van der Waals surface area contributed by atoms with E-state index in [1.165, 1.54) is 35.0 Å². The van der Waals surface area contributed by atoms with E-state index in [9.17, 15) is 13.6 Å². The minimum absolute atomic E-state index is 0.231. The van der Waals surface area contributed by atoms with Crippen molar-refractivity contribution < 1.29 is 8.78 Å². The van der Waals surface area contributed by atoms with Gasteiger partial charge in [-0.25, -0.2) is 18.4 Å². The summed E-state index contributed by atoms with van der Waals surface area (Å²) in [6.07, 6.45) is 6.91. The summed E-state index contributed by atoms with van der Waals surface area (Å²) in [4.78, 5) is 25.1. The number of aromatic nitrogens is 5. The van der Waals surface area contributed by atoms with Crippen LogP contribution in [0.15, 0.2) is 66.0 Å². The van der Waals surface area contributed by atoms with Crippen LogP contribution in [-0.4, -0.2) is 50.5 Å². The molecule has 0 N–H and O–H groups in total. The highest BCUT2D eigenvalue weighted by molar-refractivity contribution is 5.65. The summed E-state index contributed by atoms with van der Waals surface area (Å²) in [7, 11) is 1.65. The van der Waals surface area contributed by atoms with Crippen molar-refractivity contribution in [1.82, 2.24) is 24.3 Å². The largest absolute Gasteiger partial charge is 0.353 e. The molecule has 4 heterocycles. The van der Waals surface area contributed by atoms with Gasteiger partial charge in [-0.1, -0.05) is 12.7 Å². The summed E-state index contributed by atoms with van der Waals surface area (Å²) in [5.41, 5.74) is 1.55. The Morgan fingerprint density at radius 2 is 1.89 bits per heavy atom. The van der Waals surface area contributed by atoms with Gasteiger partial charge in [-0.3, -0.25) is 14.3 Å². The maximum absolute atomic E-state index is 14.3. The average molecular weight is 480 g/mol. The fraction of sp³-hybridized carbons (Fsp3) is 0.280. The Labute approximate surface area is 202 Å². The topological polar surface area (TPSA) is 72.1 Å². The zero-order valence-corrected chi connectivity index (χ0v) is 19.9. The van der Waals surface area contributed by atoms with Gasteiger partial charge in [-0.05, 0) is 32.1 Å². The van der Waals surface area contributed by atoms with Gasteiger partial charge in [0.15, 0.2) is 5.82 Å². The van der Waals surface area contributed by atoms with Gasteiger partial charge in [-0.2, -0.15) is 5.10 Å². The zero-order valence-electron chi connectivity index (χ0n) is 19.9. The number of anilines is 2. The monoisotopic (exact) mass is 479 g/mol. The van der Waals surface area contributed by atoms with E-state index in [1.54, 1.807) is 24.7 Å². The van der Waals surface area contributed by atoms with Crippen molar-refractivity contribution in [2.24, 2.45) is 7.05 Å². The van der Waals surface area contributed by atoms with Crippen molar-refractivity contribution in [2.45, 2.75) is 13.8 Å². The normalized spacial score (nSPS) is 15.0. The van der Waals surface area contributed by atoms with E-state index < -0.39 is 5.82 Å². The van der Waals surface area contributed by atoms with E-state index in [-0.39, 0.29) is 22.6 Å². The molecule has 0 aliphatic carbocycles. The summed E-state index contributed by atoms with van der Waals surface area (Å²) in [5.74, 6) is 0.385. The number of halogens is 2. The van der Waals surface area contributed by atoms with Crippen LogP contribution in [0.3, 0.4) is 0 Å². The highest BCUT2D eigenvalue weighted by atomic mass is 19.1. The van der Waals surface area contributed by atoms with E-state index in [2.05, 4.69) is 26.5 Å². The number of aryl methyl sites for hydroxylation is 1. The molecule has 0 unspecified atom stereocenters. The van der Waals surface area contributed by atoms with Gasteiger partial charge in [0, 0.05) is 57.1 Å². The SMILES string of the molecule is C=C/C(=C\C(F)=C/C)n1nc(C)cc1N1CCN(c2nc(-c3ccncc3F)cc(=O)n2C)CC1. The third-order valence-corrected chi connectivity index (χ3v) is 5.87. The molecule has 3 aromatic heterocycles. The molecule has 8 nitrogen and oxygen atoms in total. The highest BCUT2D eigenvalue weighted by Crippen LogP contribution is 2.26. The Balaban J connectivity index is 1.60. The Bertz CT molecular complexity index is 1360. The fourth-order valence-corrected chi connectivity index (χ4v) is 4.00. The van der Waals surface area contributed by atoms with Gasteiger partial charge in [-0.15, -0.1) is 0 Å². The maximum atomic E-state index is 14.3. The molecule has 0 aromatic carbocycles. The number of hydrogen-bond donors (Lipinski definition) is 0. The summed E-state index contributed by atoms with van der Waals surface area (Å²) in [6, 6.07) is 4.78. The van der Waals surface area contributed by atoms with Crippen LogP contribution < -0.4 is 15.4 Å². The lowest BCUT2D eigenvalue weighted by Gasteiger charge is -2.37. The van der Waals surface area contributed by atoms with E-state index in [0.29, 0.717) is 37.8 Å². The molecule has 35 heavy (non-hydrogen) atoms. The zero-order chi connectivity index (χ0) is 25.1. The lowest BCUT2D eigenvalue weighted by molar-refractivity contribution is 0.608. The van der Waals surface area contributed by atoms with E-state index >= 15 is 0 Å². The van der Waals surface area contributed by atoms with Crippen LogP contribution in [0, 0.1) is 12.7 Å². The van der Waals surface area contributed by atoms with Crippen molar-refractivity contribution in [1.29, 1.82) is 0 Å². The van der Waals surface area contributed by atoms with Gasteiger partial charge in [0.2, 0.25) is 5.95 Å². The molecular formula is C25H27F2N7O. The summed E-state index contributed by atoms with van der Waals surface area (Å²) in [5, 5.41) is 4.53. The first-order valence-corrected chi connectivity index (χ1v) is 11.2. The molecule has 1 aliphatic rings. The first kappa shape index (κ1) is 24.1. The number of nitrogens with zero attached hydrogens (tertiary/aromatic N) is 7. The second kappa shape index (κ2) is 10.0. The van der Waals surface area contributed by atoms with Crippen molar-refractivity contribution in [3.05, 3.63) is 83.1 Å². The van der Waals surface area contributed by atoms with Crippen LogP contribution >= 0.6 is 0 Å². The molecule has 182 valence electrons. The molecule has 0 atom stereocenters. The van der Waals surface area contributed by atoms with Gasteiger partial charge >= 0.3 is 0 Å². The number of hydrogen-bond acceptors (Lipinski definition) is 6. The highest BCUT2D eigenvalue weighted by Gasteiger charge is 2.24. The van der Waals surface area contributed by atoms with E-state index in [4.69, 9.17) is 0 Å². The number of allylic oxidation sites excluding steroid dienone is 5. The van der Waals surface area contributed by atoms with Crippen LogP contribution in [0.4, 0.5) is 20.5 Å². The number of piperazine rings is 1. The molecule has 4 rings (SSSR count). The quantitative estimate of drug-likeness (QED) is 0.502. The molecule has 0 radical (unpaired) electrons. The number of rotatable bonds is 6. The minimum Gasteiger partial charge on any atom is -0.353 e. The van der Waals surface area contributed by atoms with Crippen LogP contribution in [0.5, 0.6) is 0 Å². The van der Waals surface area contributed by atoms with Crippen molar-refractivity contribution in [2.75, 3.05) is 36.0 Å². The second-order valence-corrected chi connectivity index (χ2v) is 8.17. The van der Waals surface area contributed by atoms with Crippen molar-refractivity contribution in [3.63, 3.8) is 0 Å². The second-order valence-electron chi connectivity index (χ2n) is 8.17. The van der Waals surface area contributed by atoms with Gasteiger partial charge in [0.05, 0.1) is 23.3 Å². The fourth-order valence-electron chi connectivity index (χ4n) is 4.00. The van der Waals surface area contributed by atoms with Crippen LogP contribution in [0.1, 0.15) is 12.6 Å². The van der Waals surface area contributed by atoms with Gasteiger partial charge < -0.3 is 9.80 Å². The number of pyridine rings is 1. The first-order valence-electron chi connectivity index (χ1n) is 11.2. The molecule has 1 saturated heterocycles. The van der Waals surface area contributed by atoms with Gasteiger partial charge in [0.1, 0.15) is 11.6 Å². The Morgan fingerprint density at radius 3 is 2.54 bits per heavy atom. The molecule has 0 saturated carbocycles.